The van der Waals surface area contributed by atoms with Gasteiger partial charge in [-0.3, -0.25) is 34.7 Å². The highest BCUT2D eigenvalue weighted by Gasteiger charge is 2.51. The molecule has 5 rings (SSSR count). The third-order valence-corrected chi connectivity index (χ3v) is 10.8. The minimum absolute atomic E-state index is 0.0227. The molecule has 0 aromatic rings. The number of rotatable bonds is 9. The Balaban J connectivity index is 1.39. The summed E-state index contributed by atoms with van der Waals surface area (Å²) >= 11 is 0. The van der Waals surface area contributed by atoms with Gasteiger partial charge in [0.2, 0.25) is 11.8 Å². The summed E-state index contributed by atoms with van der Waals surface area (Å²) in [4.78, 5) is 41.9. The Kier molecular flexibility index (Phi) is 11.9. The molecule has 3 heterocycles. The van der Waals surface area contributed by atoms with Crippen molar-refractivity contribution >= 4 is 11.8 Å². The zero-order chi connectivity index (χ0) is 34.9. The zero-order valence-electron chi connectivity index (χ0n) is 31.3. The first-order valence-electron chi connectivity index (χ1n) is 18.7. The van der Waals surface area contributed by atoms with Gasteiger partial charge in [-0.15, -0.1) is 0 Å². The van der Waals surface area contributed by atoms with Gasteiger partial charge in [-0.25, -0.2) is 5.01 Å². The third kappa shape index (κ3) is 8.71. The molecule has 0 aromatic carbocycles. The van der Waals surface area contributed by atoms with Gasteiger partial charge in [0.25, 0.3) is 0 Å². The van der Waals surface area contributed by atoms with Crippen molar-refractivity contribution < 1.29 is 24.4 Å². The molecule has 5 fully saturated rings. The van der Waals surface area contributed by atoms with Gasteiger partial charge in [-0.1, -0.05) is 38.5 Å². The van der Waals surface area contributed by atoms with E-state index in [0.29, 0.717) is 52.5 Å². The molecule has 48 heavy (non-hydrogen) atoms. The molecule has 276 valence electrons. The lowest BCUT2D eigenvalue weighted by atomic mass is 9.94. The number of hydroxylamine groups is 4. The van der Waals surface area contributed by atoms with Crippen LogP contribution in [0.5, 0.6) is 0 Å². The van der Waals surface area contributed by atoms with Crippen molar-refractivity contribution in [3.05, 3.63) is 0 Å². The Hall–Kier alpha value is -1.42. The fourth-order valence-electron chi connectivity index (χ4n) is 8.80. The van der Waals surface area contributed by atoms with Crippen LogP contribution in [-0.4, -0.2) is 133 Å². The molecule has 5 aliphatic rings. The van der Waals surface area contributed by atoms with E-state index in [9.17, 15) is 14.7 Å². The normalized spacial score (nSPS) is 29.3. The van der Waals surface area contributed by atoms with Crippen LogP contribution in [0.2, 0.25) is 0 Å². The summed E-state index contributed by atoms with van der Waals surface area (Å²) in [5.41, 5.74) is 1.37. The van der Waals surface area contributed by atoms with Crippen molar-refractivity contribution in [2.24, 2.45) is 0 Å². The van der Waals surface area contributed by atoms with Gasteiger partial charge in [-0.05, 0) is 81.1 Å². The topological polar surface area (TPSA) is 108 Å². The van der Waals surface area contributed by atoms with Gasteiger partial charge in [0, 0.05) is 19.4 Å². The largest absolute Gasteiger partial charge is 0.395 e. The number of nitrogens with one attached hydrogen (secondary N) is 1. The molecule has 13 nitrogen and oxygen atoms in total. The second-order valence-corrected chi connectivity index (χ2v) is 17.4. The molecule has 2 saturated carbocycles. The standard InChI is InChI=1S/C35H66N8O5/c1-32(2)21-30(45)40(23-34(5,6)42(32)47-28-15-11-9-12-16-28)38-25-37(36-19-20-44)26-39(27-38)41-24-35(7,8)43(33(3,4)22-31(41)46)48-29-17-13-10-14-18-29/h28-29,36,44H,9-27H2,1-8H3. The van der Waals surface area contributed by atoms with Crippen molar-refractivity contribution in [2.75, 3.05) is 46.2 Å². The number of nitrogens with zero attached hydrogens (tertiary/aromatic N) is 7. The lowest BCUT2D eigenvalue weighted by molar-refractivity contribution is -0.298. The Morgan fingerprint density at radius 1 is 0.625 bits per heavy atom. The highest BCUT2D eigenvalue weighted by molar-refractivity contribution is 5.78. The second kappa shape index (κ2) is 15.1. The summed E-state index contributed by atoms with van der Waals surface area (Å²) in [6, 6.07) is 0. The maximum atomic E-state index is 14.2. The zero-order valence-corrected chi connectivity index (χ0v) is 31.3. The average Bonchev–Trinajstić information content (AvgIpc) is 3.13. The summed E-state index contributed by atoms with van der Waals surface area (Å²) < 4.78 is 0. The fourth-order valence-corrected chi connectivity index (χ4v) is 8.80. The molecule has 3 aliphatic heterocycles. The van der Waals surface area contributed by atoms with Crippen LogP contribution in [0.25, 0.3) is 0 Å². The number of hydrazine groups is 3. The molecule has 2 aliphatic carbocycles. The van der Waals surface area contributed by atoms with E-state index < -0.39 is 22.2 Å². The van der Waals surface area contributed by atoms with Crippen LogP contribution in [0.1, 0.15) is 132 Å². The first kappa shape index (κ1) is 37.8. The lowest BCUT2D eigenvalue weighted by Gasteiger charge is -2.51. The van der Waals surface area contributed by atoms with E-state index in [1.807, 2.05) is 25.0 Å². The van der Waals surface area contributed by atoms with Crippen molar-refractivity contribution in [3.8, 4) is 0 Å². The van der Waals surface area contributed by atoms with Crippen molar-refractivity contribution in [3.63, 3.8) is 0 Å². The van der Waals surface area contributed by atoms with Crippen molar-refractivity contribution in [1.29, 1.82) is 0 Å². The SMILES string of the molecule is CC1(C)CC(=O)N(N2CN(NCCO)CN(N3CC(C)(C)N(OC4CCCCC4)C(C)(C)CC3=O)C2)CC(C)(C)N1OC1CCCCC1. The van der Waals surface area contributed by atoms with Gasteiger partial charge < -0.3 is 5.11 Å². The van der Waals surface area contributed by atoms with Crippen LogP contribution in [0.15, 0.2) is 0 Å². The van der Waals surface area contributed by atoms with Crippen LogP contribution in [-0.2, 0) is 19.3 Å². The Morgan fingerprint density at radius 3 is 1.40 bits per heavy atom. The minimum Gasteiger partial charge on any atom is -0.395 e. The van der Waals surface area contributed by atoms with Crippen molar-refractivity contribution in [2.45, 2.75) is 167 Å². The van der Waals surface area contributed by atoms with Gasteiger partial charge in [0.05, 0.1) is 74.1 Å². The molecule has 0 spiro atoms. The summed E-state index contributed by atoms with van der Waals surface area (Å²) in [5.74, 6) is 0.0602. The van der Waals surface area contributed by atoms with Gasteiger partial charge in [0.15, 0.2) is 0 Å². The Labute approximate surface area is 289 Å². The number of hydrogen-bond donors (Lipinski definition) is 2. The van der Waals surface area contributed by atoms with Gasteiger partial charge in [0.1, 0.15) is 0 Å². The molecule has 13 heteroatoms. The quantitative estimate of drug-likeness (QED) is 0.372. The van der Waals surface area contributed by atoms with E-state index in [4.69, 9.17) is 9.68 Å². The molecule has 0 atom stereocenters. The Bertz CT molecular complexity index is 1030. The highest BCUT2D eigenvalue weighted by Crippen LogP contribution is 2.39. The fraction of sp³-hybridized carbons (Fsp3) is 0.943. The molecule has 2 N–H and O–H groups in total. The van der Waals surface area contributed by atoms with Gasteiger partial charge in [-0.2, -0.15) is 20.1 Å². The number of hydrogen-bond acceptors (Lipinski definition) is 11. The van der Waals surface area contributed by atoms with E-state index in [-0.39, 0.29) is 30.6 Å². The number of carbonyl (C=O) groups is 2. The number of aliphatic hydroxyl groups is 1. The molecule has 2 amide bonds. The molecule has 0 bridgehead atoms. The second-order valence-electron chi connectivity index (χ2n) is 17.4. The van der Waals surface area contributed by atoms with E-state index in [0.717, 1.165) is 25.7 Å². The molecule has 0 unspecified atom stereocenters. The predicted octanol–water partition coefficient (Wildman–Crippen LogP) is 3.82. The monoisotopic (exact) mass is 679 g/mol. The number of aliphatic hydroxyl groups excluding tert-OH is 1. The lowest BCUT2D eigenvalue weighted by Crippen LogP contribution is -2.69. The van der Waals surface area contributed by atoms with Crippen LogP contribution < -0.4 is 5.43 Å². The summed E-state index contributed by atoms with van der Waals surface area (Å²) in [6.45, 7) is 19.5. The smallest absolute Gasteiger partial charge is 0.238 e. The number of carbonyl (C=O) groups excluding carboxylic acids is 2. The summed E-state index contributed by atoms with van der Waals surface area (Å²) in [6.07, 6.45) is 12.4. The van der Waals surface area contributed by atoms with E-state index in [1.54, 1.807) is 0 Å². The average molecular weight is 679 g/mol. The third-order valence-electron chi connectivity index (χ3n) is 10.8. The maximum absolute atomic E-state index is 14.2. The molecule has 0 aromatic heterocycles. The van der Waals surface area contributed by atoms with Crippen molar-refractivity contribution in [1.82, 2.24) is 40.6 Å². The van der Waals surface area contributed by atoms with Gasteiger partial charge >= 0.3 is 0 Å². The molecule has 0 radical (unpaired) electrons. The molecular weight excluding hydrogens is 612 g/mol. The van der Waals surface area contributed by atoms with Crippen LogP contribution in [0.4, 0.5) is 0 Å². The first-order valence-corrected chi connectivity index (χ1v) is 18.7. The maximum Gasteiger partial charge on any atom is 0.238 e. The predicted molar refractivity (Wildman–Crippen MR) is 184 cm³/mol. The van der Waals surface area contributed by atoms with E-state index >= 15 is 0 Å². The van der Waals surface area contributed by atoms with Crippen LogP contribution in [0.3, 0.4) is 0 Å². The van der Waals surface area contributed by atoms with Crippen LogP contribution >= 0.6 is 0 Å². The summed E-state index contributed by atoms with van der Waals surface area (Å²) in [7, 11) is 0. The molecule has 3 saturated heterocycles. The highest BCUT2D eigenvalue weighted by atomic mass is 16.7. The summed E-state index contributed by atoms with van der Waals surface area (Å²) in [5, 5.41) is 23.7. The van der Waals surface area contributed by atoms with E-state index in [1.165, 1.54) is 38.5 Å². The molecular formula is C35H66N8O5. The van der Waals surface area contributed by atoms with E-state index in [2.05, 4.69) is 70.9 Å². The Morgan fingerprint density at radius 2 is 1.02 bits per heavy atom. The number of amides is 2. The minimum atomic E-state index is -0.505. The first-order chi connectivity index (χ1) is 22.5. The van der Waals surface area contributed by atoms with Crippen LogP contribution in [0, 0.1) is 0 Å².